The Morgan fingerprint density at radius 2 is 1.60 bits per heavy atom. The molecule has 0 fully saturated rings. The number of hydrogen-bond donors (Lipinski definition) is 1. The van der Waals surface area contributed by atoms with Crippen LogP contribution < -0.4 is 14.4 Å². The van der Waals surface area contributed by atoms with Gasteiger partial charge in [0.25, 0.3) is 0 Å². The Morgan fingerprint density at radius 3 is 2.06 bits per heavy atom. The minimum atomic E-state index is -3.84. The SMILES string of the molecule is COc1ccc(N(CC(=O)N(Cc2c(Cl)cccc2Cl)C(C)C(=O)NC(C)(C)C)S(C)(=O)=O)cc1. The summed E-state index contributed by atoms with van der Waals surface area (Å²) in [5.74, 6) is -0.459. The minimum absolute atomic E-state index is 0.0870. The van der Waals surface area contributed by atoms with Crippen LogP contribution in [0.15, 0.2) is 42.5 Å². The molecule has 0 bridgehead atoms. The third-order valence-electron chi connectivity index (χ3n) is 5.10. The topological polar surface area (TPSA) is 96.0 Å². The lowest BCUT2D eigenvalue weighted by Crippen LogP contribution is -2.54. The van der Waals surface area contributed by atoms with Gasteiger partial charge in [0.2, 0.25) is 21.8 Å². The van der Waals surface area contributed by atoms with Crippen LogP contribution >= 0.6 is 23.2 Å². The fourth-order valence-electron chi connectivity index (χ4n) is 3.27. The number of carbonyl (C=O) groups is 2. The molecule has 0 aliphatic rings. The predicted molar refractivity (Wildman–Crippen MR) is 140 cm³/mol. The fourth-order valence-corrected chi connectivity index (χ4v) is 4.64. The van der Waals surface area contributed by atoms with Gasteiger partial charge in [0.05, 0.1) is 19.1 Å². The lowest BCUT2D eigenvalue weighted by atomic mass is 10.1. The summed E-state index contributed by atoms with van der Waals surface area (Å²) in [4.78, 5) is 27.8. The maximum atomic E-state index is 13.6. The second kappa shape index (κ2) is 11.5. The van der Waals surface area contributed by atoms with E-state index in [9.17, 15) is 18.0 Å². The van der Waals surface area contributed by atoms with Crippen LogP contribution in [0.5, 0.6) is 5.75 Å². The first-order valence-electron chi connectivity index (χ1n) is 10.8. The van der Waals surface area contributed by atoms with E-state index in [1.165, 1.54) is 24.1 Å². The van der Waals surface area contributed by atoms with E-state index in [1.54, 1.807) is 37.3 Å². The van der Waals surface area contributed by atoms with Gasteiger partial charge in [-0.25, -0.2) is 8.42 Å². The molecule has 1 unspecified atom stereocenters. The molecule has 2 aromatic rings. The number of sulfonamides is 1. The Morgan fingerprint density at radius 1 is 1.06 bits per heavy atom. The first kappa shape index (κ1) is 28.7. The second-order valence-electron chi connectivity index (χ2n) is 9.10. The summed E-state index contributed by atoms with van der Waals surface area (Å²) in [6.45, 7) is 6.43. The highest BCUT2D eigenvalue weighted by atomic mass is 35.5. The lowest BCUT2D eigenvalue weighted by molar-refractivity contribution is -0.140. The van der Waals surface area contributed by atoms with Crippen molar-refractivity contribution in [3.05, 3.63) is 58.1 Å². The molecule has 8 nitrogen and oxygen atoms in total. The number of amides is 2. The highest BCUT2D eigenvalue weighted by Gasteiger charge is 2.32. The van der Waals surface area contributed by atoms with Gasteiger partial charge in [0, 0.05) is 27.7 Å². The molecule has 0 aromatic heterocycles. The monoisotopic (exact) mass is 543 g/mol. The number of ether oxygens (including phenoxy) is 1. The second-order valence-corrected chi connectivity index (χ2v) is 11.8. The molecule has 11 heteroatoms. The van der Waals surface area contributed by atoms with Gasteiger partial charge in [-0.15, -0.1) is 0 Å². The van der Waals surface area contributed by atoms with Crippen molar-refractivity contribution >= 4 is 50.7 Å². The molecule has 1 atom stereocenters. The number of benzene rings is 2. The molecule has 0 saturated carbocycles. The molecular weight excluding hydrogens is 513 g/mol. The third-order valence-corrected chi connectivity index (χ3v) is 6.94. The van der Waals surface area contributed by atoms with Crippen molar-refractivity contribution in [3.63, 3.8) is 0 Å². The molecule has 0 saturated heterocycles. The highest BCUT2D eigenvalue weighted by molar-refractivity contribution is 7.92. The maximum absolute atomic E-state index is 13.6. The molecule has 0 aliphatic carbocycles. The number of nitrogens with one attached hydrogen (secondary N) is 1. The number of hydrogen-bond acceptors (Lipinski definition) is 5. The van der Waals surface area contributed by atoms with Crippen molar-refractivity contribution in [1.82, 2.24) is 10.2 Å². The Labute approximate surface area is 217 Å². The van der Waals surface area contributed by atoms with Crippen LogP contribution in [-0.2, 0) is 26.2 Å². The van der Waals surface area contributed by atoms with Gasteiger partial charge in [-0.05, 0) is 64.1 Å². The normalized spacial score (nSPS) is 12.6. The molecular formula is C24H31Cl2N3O5S. The first-order chi connectivity index (χ1) is 16.1. The van der Waals surface area contributed by atoms with Crippen LogP contribution in [0.3, 0.4) is 0 Å². The standard InChI is InChI=1S/C24H31Cl2N3O5S/c1-16(23(31)27-24(2,3)4)28(14-19-20(25)8-7-9-21(19)26)22(30)15-29(35(6,32)33)17-10-12-18(34-5)13-11-17/h7-13,16H,14-15H2,1-6H3,(H,27,31). The molecule has 2 rings (SSSR count). The Kier molecular flexibility index (Phi) is 9.44. The number of nitrogens with zero attached hydrogens (tertiary/aromatic N) is 2. The summed E-state index contributed by atoms with van der Waals surface area (Å²) in [6.07, 6.45) is 1.01. The van der Waals surface area contributed by atoms with Crippen LogP contribution in [0.1, 0.15) is 33.3 Å². The summed E-state index contributed by atoms with van der Waals surface area (Å²) in [5, 5.41) is 3.51. The summed E-state index contributed by atoms with van der Waals surface area (Å²) >= 11 is 12.7. The number of methoxy groups -OCH3 is 1. The van der Waals surface area contributed by atoms with Crippen LogP contribution in [0, 0.1) is 0 Å². The lowest BCUT2D eigenvalue weighted by Gasteiger charge is -2.33. The van der Waals surface area contributed by atoms with E-state index in [4.69, 9.17) is 27.9 Å². The van der Waals surface area contributed by atoms with E-state index in [-0.39, 0.29) is 12.2 Å². The summed E-state index contributed by atoms with van der Waals surface area (Å²) in [6, 6.07) is 10.3. The van der Waals surface area contributed by atoms with E-state index in [0.717, 1.165) is 10.6 Å². The molecule has 1 N–H and O–H groups in total. The van der Waals surface area contributed by atoms with Crippen molar-refractivity contribution < 1.29 is 22.7 Å². The van der Waals surface area contributed by atoms with Crippen molar-refractivity contribution in [2.45, 2.75) is 45.8 Å². The molecule has 0 spiro atoms. The molecule has 192 valence electrons. The molecule has 0 radical (unpaired) electrons. The molecule has 2 aromatic carbocycles. The minimum Gasteiger partial charge on any atom is -0.497 e. The maximum Gasteiger partial charge on any atom is 0.244 e. The first-order valence-corrected chi connectivity index (χ1v) is 13.4. The zero-order valence-corrected chi connectivity index (χ0v) is 23.0. The Balaban J connectivity index is 2.45. The quantitative estimate of drug-likeness (QED) is 0.513. The molecule has 0 heterocycles. The van der Waals surface area contributed by atoms with E-state index < -0.39 is 40.0 Å². The van der Waals surface area contributed by atoms with Gasteiger partial charge < -0.3 is 15.0 Å². The van der Waals surface area contributed by atoms with Crippen LogP contribution in [0.4, 0.5) is 5.69 Å². The van der Waals surface area contributed by atoms with Gasteiger partial charge in [0.1, 0.15) is 18.3 Å². The van der Waals surface area contributed by atoms with Gasteiger partial charge in [-0.2, -0.15) is 0 Å². The van der Waals surface area contributed by atoms with Gasteiger partial charge in [0.15, 0.2) is 0 Å². The van der Waals surface area contributed by atoms with Gasteiger partial charge >= 0.3 is 0 Å². The largest absolute Gasteiger partial charge is 0.497 e. The van der Waals surface area contributed by atoms with Crippen molar-refractivity contribution in [2.75, 3.05) is 24.2 Å². The van der Waals surface area contributed by atoms with E-state index in [1.807, 2.05) is 20.8 Å². The number of anilines is 1. The van der Waals surface area contributed by atoms with Crippen molar-refractivity contribution in [1.29, 1.82) is 0 Å². The van der Waals surface area contributed by atoms with Crippen LogP contribution in [0.25, 0.3) is 0 Å². The van der Waals surface area contributed by atoms with Gasteiger partial charge in [-0.3, -0.25) is 13.9 Å². The highest BCUT2D eigenvalue weighted by Crippen LogP contribution is 2.27. The zero-order chi connectivity index (χ0) is 26.6. The Hall–Kier alpha value is -2.49. The zero-order valence-electron chi connectivity index (χ0n) is 20.6. The smallest absolute Gasteiger partial charge is 0.244 e. The molecule has 0 aliphatic heterocycles. The van der Waals surface area contributed by atoms with Crippen LogP contribution in [0.2, 0.25) is 10.0 Å². The predicted octanol–water partition coefficient (Wildman–Crippen LogP) is 4.10. The fraction of sp³-hybridized carbons (Fsp3) is 0.417. The van der Waals surface area contributed by atoms with Crippen LogP contribution in [-0.4, -0.2) is 56.6 Å². The summed E-state index contributed by atoms with van der Waals surface area (Å²) in [5.41, 5.74) is 0.198. The summed E-state index contributed by atoms with van der Waals surface area (Å²) < 4.78 is 31.3. The molecule has 35 heavy (non-hydrogen) atoms. The molecule has 2 amide bonds. The number of rotatable bonds is 9. The average Bonchev–Trinajstić information content (AvgIpc) is 2.75. The third kappa shape index (κ3) is 8.02. The van der Waals surface area contributed by atoms with E-state index >= 15 is 0 Å². The van der Waals surface area contributed by atoms with Gasteiger partial charge in [-0.1, -0.05) is 29.3 Å². The number of carbonyl (C=O) groups excluding carboxylic acids is 2. The number of halogens is 2. The van der Waals surface area contributed by atoms with E-state index in [0.29, 0.717) is 21.4 Å². The summed E-state index contributed by atoms with van der Waals surface area (Å²) in [7, 11) is -2.34. The average molecular weight is 545 g/mol. The van der Waals surface area contributed by atoms with Crippen molar-refractivity contribution in [2.24, 2.45) is 0 Å². The van der Waals surface area contributed by atoms with Crippen molar-refractivity contribution in [3.8, 4) is 5.75 Å². The Bertz CT molecular complexity index is 1140. The van der Waals surface area contributed by atoms with E-state index in [2.05, 4.69) is 5.32 Å².